The summed E-state index contributed by atoms with van der Waals surface area (Å²) in [6.45, 7) is 2.44. The van der Waals surface area contributed by atoms with Gasteiger partial charge in [0.2, 0.25) is 0 Å². The third-order valence-electron chi connectivity index (χ3n) is 3.27. The zero-order chi connectivity index (χ0) is 15.9. The first-order chi connectivity index (χ1) is 10.5. The van der Waals surface area contributed by atoms with Crippen molar-refractivity contribution in [3.63, 3.8) is 0 Å². The van der Waals surface area contributed by atoms with Gasteiger partial charge in [-0.05, 0) is 57.0 Å². The van der Waals surface area contributed by atoms with Gasteiger partial charge >= 0.3 is 0 Å². The predicted molar refractivity (Wildman–Crippen MR) is 92.0 cm³/mol. The number of benzene rings is 2. The van der Waals surface area contributed by atoms with Gasteiger partial charge in [-0.3, -0.25) is 0 Å². The van der Waals surface area contributed by atoms with Crippen LogP contribution in [0.25, 0.3) is 0 Å². The number of hydrogen-bond donors (Lipinski definition) is 0. The molecule has 0 saturated heterocycles. The molecule has 0 amide bonds. The van der Waals surface area contributed by atoms with Crippen molar-refractivity contribution < 1.29 is 4.74 Å². The quantitative estimate of drug-likeness (QED) is 0.779. The Labute approximate surface area is 134 Å². The zero-order valence-electron chi connectivity index (χ0n) is 14.0. The Kier molecular flexibility index (Phi) is 5.99. The Bertz CT molecular complexity index is 551. The first-order valence-corrected chi connectivity index (χ1v) is 7.62. The van der Waals surface area contributed by atoms with Crippen molar-refractivity contribution in [2.45, 2.75) is 19.7 Å². The van der Waals surface area contributed by atoms with E-state index in [1.807, 2.05) is 18.2 Å². The molecule has 0 saturated carbocycles. The minimum Gasteiger partial charge on any atom is -0.489 e. The van der Waals surface area contributed by atoms with E-state index in [9.17, 15) is 0 Å². The van der Waals surface area contributed by atoms with Crippen LogP contribution in [0.15, 0.2) is 48.5 Å². The lowest BCUT2D eigenvalue weighted by Crippen LogP contribution is -2.13. The lowest BCUT2D eigenvalue weighted by atomic mass is 10.1. The van der Waals surface area contributed by atoms with Crippen LogP contribution >= 0.6 is 0 Å². The van der Waals surface area contributed by atoms with Crippen LogP contribution in [-0.4, -0.2) is 38.0 Å². The van der Waals surface area contributed by atoms with E-state index in [0.29, 0.717) is 6.61 Å². The van der Waals surface area contributed by atoms with Crippen LogP contribution in [0, 0.1) is 0 Å². The van der Waals surface area contributed by atoms with Gasteiger partial charge in [0.25, 0.3) is 0 Å². The minimum absolute atomic E-state index is 0.605. The predicted octanol–water partition coefficient (Wildman–Crippen LogP) is 3.39. The third-order valence-corrected chi connectivity index (χ3v) is 3.27. The number of ether oxygens (including phenoxy) is 1. The van der Waals surface area contributed by atoms with Gasteiger partial charge in [-0.15, -0.1) is 0 Å². The molecule has 0 aliphatic heterocycles. The fourth-order valence-electron chi connectivity index (χ4n) is 2.47. The van der Waals surface area contributed by atoms with Crippen molar-refractivity contribution in [1.82, 2.24) is 9.80 Å². The summed E-state index contributed by atoms with van der Waals surface area (Å²) in [5, 5.41) is 0. The summed E-state index contributed by atoms with van der Waals surface area (Å²) in [5.74, 6) is 0.944. The highest BCUT2D eigenvalue weighted by Gasteiger charge is 2.05. The molecule has 0 aromatic heterocycles. The van der Waals surface area contributed by atoms with E-state index in [2.05, 4.69) is 68.3 Å². The standard InChI is InChI=1S/C19H26N2O/c1-20(2)13-17-10-18(14-21(3)4)12-19(11-17)22-15-16-8-6-5-7-9-16/h5-12H,13-15H2,1-4H3. The molecule has 0 radical (unpaired) electrons. The van der Waals surface area contributed by atoms with Crippen LogP contribution in [0.5, 0.6) is 5.75 Å². The second kappa shape index (κ2) is 7.97. The zero-order valence-corrected chi connectivity index (χ0v) is 14.0. The summed E-state index contributed by atoms with van der Waals surface area (Å²) < 4.78 is 6.00. The van der Waals surface area contributed by atoms with Crippen molar-refractivity contribution in [2.24, 2.45) is 0 Å². The van der Waals surface area contributed by atoms with Crippen molar-refractivity contribution in [2.75, 3.05) is 28.2 Å². The van der Waals surface area contributed by atoms with Crippen LogP contribution in [-0.2, 0) is 19.7 Å². The SMILES string of the molecule is CN(C)Cc1cc(CN(C)C)cc(OCc2ccccc2)c1. The molecule has 2 aromatic rings. The number of nitrogens with zero attached hydrogens (tertiary/aromatic N) is 2. The average molecular weight is 298 g/mol. The molecule has 22 heavy (non-hydrogen) atoms. The molecular weight excluding hydrogens is 272 g/mol. The summed E-state index contributed by atoms with van der Waals surface area (Å²) in [7, 11) is 8.35. The van der Waals surface area contributed by atoms with Gasteiger partial charge in [0.05, 0.1) is 0 Å². The molecular formula is C19H26N2O. The van der Waals surface area contributed by atoms with Crippen LogP contribution in [0.3, 0.4) is 0 Å². The van der Waals surface area contributed by atoms with Crippen LogP contribution in [0.4, 0.5) is 0 Å². The fraction of sp³-hybridized carbons (Fsp3) is 0.368. The van der Waals surface area contributed by atoms with Crippen molar-refractivity contribution in [1.29, 1.82) is 0 Å². The summed E-state index contributed by atoms with van der Waals surface area (Å²) in [4.78, 5) is 4.35. The second-order valence-electron chi connectivity index (χ2n) is 6.24. The van der Waals surface area contributed by atoms with Crippen LogP contribution in [0.1, 0.15) is 16.7 Å². The van der Waals surface area contributed by atoms with E-state index in [1.165, 1.54) is 16.7 Å². The molecule has 0 aliphatic rings. The molecule has 2 aromatic carbocycles. The van der Waals surface area contributed by atoms with Gasteiger partial charge in [-0.25, -0.2) is 0 Å². The fourth-order valence-corrected chi connectivity index (χ4v) is 2.47. The maximum absolute atomic E-state index is 6.00. The van der Waals surface area contributed by atoms with E-state index in [4.69, 9.17) is 4.74 Å². The van der Waals surface area contributed by atoms with Gasteiger partial charge < -0.3 is 14.5 Å². The molecule has 2 rings (SSSR count). The van der Waals surface area contributed by atoms with Crippen LogP contribution < -0.4 is 4.74 Å². The van der Waals surface area contributed by atoms with Crippen molar-refractivity contribution in [3.8, 4) is 5.75 Å². The van der Waals surface area contributed by atoms with Gasteiger partial charge in [0.1, 0.15) is 12.4 Å². The topological polar surface area (TPSA) is 15.7 Å². The molecule has 0 aliphatic carbocycles. The summed E-state index contributed by atoms with van der Waals surface area (Å²) in [6.07, 6.45) is 0. The van der Waals surface area contributed by atoms with Gasteiger partial charge in [0, 0.05) is 13.1 Å². The van der Waals surface area contributed by atoms with E-state index in [0.717, 1.165) is 18.8 Å². The lowest BCUT2D eigenvalue weighted by molar-refractivity contribution is 0.304. The highest BCUT2D eigenvalue weighted by Crippen LogP contribution is 2.20. The Morgan fingerprint density at radius 3 is 1.77 bits per heavy atom. The summed E-state index contributed by atoms with van der Waals surface area (Å²) >= 11 is 0. The van der Waals surface area contributed by atoms with E-state index in [-0.39, 0.29) is 0 Å². The third kappa shape index (κ3) is 5.51. The molecule has 0 heterocycles. The molecule has 3 nitrogen and oxygen atoms in total. The first-order valence-electron chi connectivity index (χ1n) is 7.62. The Hall–Kier alpha value is -1.84. The highest BCUT2D eigenvalue weighted by molar-refractivity contribution is 5.35. The van der Waals surface area contributed by atoms with Gasteiger partial charge in [0.15, 0.2) is 0 Å². The summed E-state index contributed by atoms with van der Waals surface area (Å²) in [5.41, 5.74) is 3.76. The number of hydrogen-bond acceptors (Lipinski definition) is 3. The smallest absolute Gasteiger partial charge is 0.120 e. The molecule has 0 bridgehead atoms. The van der Waals surface area contributed by atoms with Gasteiger partial charge in [-0.2, -0.15) is 0 Å². The van der Waals surface area contributed by atoms with E-state index < -0.39 is 0 Å². The second-order valence-corrected chi connectivity index (χ2v) is 6.24. The lowest BCUT2D eigenvalue weighted by Gasteiger charge is -2.16. The normalized spacial score (nSPS) is 11.2. The molecule has 118 valence electrons. The average Bonchev–Trinajstić information content (AvgIpc) is 2.44. The minimum atomic E-state index is 0.605. The van der Waals surface area contributed by atoms with E-state index in [1.54, 1.807) is 0 Å². The van der Waals surface area contributed by atoms with Gasteiger partial charge in [-0.1, -0.05) is 36.4 Å². The first kappa shape index (κ1) is 16.5. The monoisotopic (exact) mass is 298 g/mol. The molecule has 0 fully saturated rings. The highest BCUT2D eigenvalue weighted by atomic mass is 16.5. The van der Waals surface area contributed by atoms with E-state index >= 15 is 0 Å². The Balaban J connectivity index is 2.13. The maximum atomic E-state index is 6.00. The molecule has 0 N–H and O–H groups in total. The number of rotatable bonds is 7. The molecule has 0 atom stereocenters. The van der Waals surface area contributed by atoms with Crippen LogP contribution in [0.2, 0.25) is 0 Å². The summed E-state index contributed by atoms with van der Waals surface area (Å²) in [6, 6.07) is 16.8. The Morgan fingerprint density at radius 1 is 0.727 bits per heavy atom. The maximum Gasteiger partial charge on any atom is 0.120 e. The van der Waals surface area contributed by atoms with Crippen molar-refractivity contribution in [3.05, 3.63) is 65.2 Å². The van der Waals surface area contributed by atoms with Crippen molar-refractivity contribution >= 4 is 0 Å². The Morgan fingerprint density at radius 2 is 1.27 bits per heavy atom. The molecule has 0 unspecified atom stereocenters. The molecule has 0 spiro atoms. The largest absolute Gasteiger partial charge is 0.489 e. The molecule has 3 heteroatoms.